The molecule has 0 atom stereocenters. The topological polar surface area (TPSA) is 52.0 Å². The van der Waals surface area contributed by atoms with Gasteiger partial charge in [-0.25, -0.2) is 8.42 Å². The molecule has 0 spiro atoms. The first-order valence-corrected chi connectivity index (χ1v) is 6.16. The van der Waals surface area contributed by atoms with Crippen molar-refractivity contribution in [2.24, 2.45) is 7.05 Å². The van der Waals surface area contributed by atoms with Crippen LogP contribution >= 0.6 is 10.7 Å². The number of fused-ring (bicyclic) bond motifs is 1. The number of halogens is 1. The van der Waals surface area contributed by atoms with Crippen LogP contribution in [0.5, 0.6) is 0 Å². The highest BCUT2D eigenvalue weighted by atomic mass is 35.7. The normalized spacial score (nSPS) is 12.1. The zero-order chi connectivity index (χ0) is 10.3. The van der Waals surface area contributed by atoms with E-state index in [1.165, 1.54) is 6.07 Å². The number of nitrogens with zero attached hydrogens (tertiary/aromatic N) is 2. The van der Waals surface area contributed by atoms with Crippen LogP contribution in [0.3, 0.4) is 0 Å². The number of benzene rings is 1. The van der Waals surface area contributed by atoms with E-state index in [9.17, 15) is 8.42 Å². The lowest BCUT2D eigenvalue weighted by molar-refractivity contribution is 0.610. The maximum Gasteiger partial charge on any atom is 0.262 e. The molecule has 6 heteroatoms. The van der Waals surface area contributed by atoms with Crippen molar-refractivity contribution in [1.29, 1.82) is 0 Å². The average molecular weight is 231 g/mol. The molecule has 2 rings (SSSR count). The van der Waals surface area contributed by atoms with Gasteiger partial charge in [0.15, 0.2) is 0 Å². The molecule has 0 aliphatic heterocycles. The smallest absolute Gasteiger partial charge is 0.262 e. The van der Waals surface area contributed by atoms with Gasteiger partial charge < -0.3 is 0 Å². The fraction of sp³-hybridized carbons (Fsp3) is 0.125. The fourth-order valence-corrected chi connectivity index (χ4v) is 2.41. The summed E-state index contributed by atoms with van der Waals surface area (Å²) in [5.74, 6) is 0. The first-order chi connectivity index (χ1) is 6.48. The summed E-state index contributed by atoms with van der Waals surface area (Å²) in [7, 11) is 3.31. The maximum absolute atomic E-state index is 11.2. The van der Waals surface area contributed by atoms with Crippen LogP contribution in [0, 0.1) is 0 Å². The molecule has 0 aliphatic rings. The standard InChI is InChI=1S/C8H7ClN2O2S/c1-11-5-6-7(10-11)3-2-4-8(6)14(9,12)13/h2-5H,1H3. The molecule has 14 heavy (non-hydrogen) atoms. The van der Waals surface area contributed by atoms with E-state index in [1.54, 1.807) is 30.1 Å². The Morgan fingerprint density at radius 1 is 1.43 bits per heavy atom. The number of rotatable bonds is 1. The van der Waals surface area contributed by atoms with Gasteiger partial charge in [-0.15, -0.1) is 0 Å². The van der Waals surface area contributed by atoms with E-state index in [0.717, 1.165) is 0 Å². The third kappa shape index (κ3) is 1.49. The molecule has 0 bridgehead atoms. The van der Waals surface area contributed by atoms with Crippen molar-refractivity contribution in [3.05, 3.63) is 24.4 Å². The molecule has 1 aromatic carbocycles. The molecule has 4 nitrogen and oxygen atoms in total. The highest BCUT2D eigenvalue weighted by Crippen LogP contribution is 2.24. The van der Waals surface area contributed by atoms with Crippen molar-refractivity contribution in [2.75, 3.05) is 0 Å². The van der Waals surface area contributed by atoms with Gasteiger partial charge in [0.25, 0.3) is 9.05 Å². The summed E-state index contributed by atoms with van der Waals surface area (Å²) in [6.07, 6.45) is 1.63. The molecule has 74 valence electrons. The molecule has 0 amide bonds. The van der Waals surface area contributed by atoms with Crippen LogP contribution in [0.2, 0.25) is 0 Å². The minimum Gasteiger partial charge on any atom is -0.275 e. The Bertz CT molecular complexity index is 588. The highest BCUT2D eigenvalue weighted by Gasteiger charge is 2.15. The molecule has 1 aromatic heterocycles. The molecule has 0 unspecified atom stereocenters. The van der Waals surface area contributed by atoms with Crippen molar-refractivity contribution >= 4 is 30.6 Å². The lowest BCUT2D eigenvalue weighted by Crippen LogP contribution is -1.90. The van der Waals surface area contributed by atoms with Gasteiger partial charge in [0.05, 0.1) is 10.4 Å². The van der Waals surface area contributed by atoms with Crippen LogP contribution in [0.1, 0.15) is 0 Å². The third-order valence-corrected chi connectivity index (χ3v) is 3.27. The Kier molecular flexibility index (Phi) is 2.01. The summed E-state index contributed by atoms with van der Waals surface area (Å²) in [5.41, 5.74) is 0.620. The second kappa shape index (κ2) is 2.96. The molecular weight excluding hydrogens is 224 g/mol. The van der Waals surface area contributed by atoms with Crippen LogP contribution < -0.4 is 0 Å². The lowest BCUT2D eigenvalue weighted by atomic mass is 10.3. The summed E-state index contributed by atoms with van der Waals surface area (Å²) in [6.45, 7) is 0. The number of aryl methyl sites for hydroxylation is 1. The quantitative estimate of drug-likeness (QED) is 0.698. The summed E-state index contributed by atoms with van der Waals surface area (Å²) in [6, 6.07) is 4.82. The summed E-state index contributed by atoms with van der Waals surface area (Å²) >= 11 is 0. The van der Waals surface area contributed by atoms with E-state index in [2.05, 4.69) is 5.10 Å². The summed E-state index contributed by atoms with van der Waals surface area (Å²) in [4.78, 5) is 0.102. The van der Waals surface area contributed by atoms with Gasteiger partial charge in [-0.1, -0.05) is 6.07 Å². The Balaban J connectivity index is 2.90. The van der Waals surface area contributed by atoms with Crippen LogP contribution in [-0.4, -0.2) is 18.2 Å². The Morgan fingerprint density at radius 2 is 2.14 bits per heavy atom. The lowest BCUT2D eigenvalue weighted by Gasteiger charge is -1.95. The summed E-state index contributed by atoms with van der Waals surface area (Å²) in [5, 5.41) is 4.63. The van der Waals surface area contributed by atoms with Crippen molar-refractivity contribution in [3.8, 4) is 0 Å². The van der Waals surface area contributed by atoms with Crippen LogP contribution in [0.15, 0.2) is 29.3 Å². The van der Waals surface area contributed by atoms with Gasteiger partial charge in [0, 0.05) is 29.3 Å². The van der Waals surface area contributed by atoms with Crippen molar-refractivity contribution in [1.82, 2.24) is 9.78 Å². The number of aromatic nitrogens is 2. The predicted octanol–water partition coefficient (Wildman–Crippen LogP) is 1.50. The molecule has 2 aromatic rings. The predicted molar refractivity (Wildman–Crippen MR) is 53.8 cm³/mol. The van der Waals surface area contributed by atoms with Crippen LogP contribution in [-0.2, 0) is 16.1 Å². The number of hydrogen-bond donors (Lipinski definition) is 0. The highest BCUT2D eigenvalue weighted by molar-refractivity contribution is 8.14. The number of hydrogen-bond acceptors (Lipinski definition) is 3. The molecule has 0 radical (unpaired) electrons. The largest absolute Gasteiger partial charge is 0.275 e. The van der Waals surface area contributed by atoms with Gasteiger partial charge in [-0.2, -0.15) is 5.10 Å². The van der Waals surface area contributed by atoms with Crippen LogP contribution in [0.4, 0.5) is 0 Å². The van der Waals surface area contributed by atoms with Gasteiger partial charge in [0.2, 0.25) is 0 Å². The zero-order valence-corrected chi connectivity index (χ0v) is 8.88. The van der Waals surface area contributed by atoms with Gasteiger partial charge >= 0.3 is 0 Å². The molecule has 0 saturated carbocycles. The Labute approximate surface area is 85.5 Å². The molecule has 0 saturated heterocycles. The molecule has 0 aliphatic carbocycles. The van der Waals surface area contributed by atoms with Crippen molar-refractivity contribution in [2.45, 2.75) is 4.90 Å². The fourth-order valence-electron chi connectivity index (χ4n) is 1.35. The van der Waals surface area contributed by atoms with E-state index in [-0.39, 0.29) is 4.90 Å². The maximum atomic E-state index is 11.2. The van der Waals surface area contributed by atoms with E-state index < -0.39 is 9.05 Å². The van der Waals surface area contributed by atoms with Gasteiger partial charge in [-0.05, 0) is 12.1 Å². The van der Waals surface area contributed by atoms with E-state index in [1.807, 2.05) is 0 Å². The second-order valence-electron chi connectivity index (χ2n) is 2.93. The Hall–Kier alpha value is -1.07. The minimum absolute atomic E-state index is 0.102. The summed E-state index contributed by atoms with van der Waals surface area (Å²) < 4.78 is 23.9. The van der Waals surface area contributed by atoms with Crippen molar-refractivity contribution in [3.63, 3.8) is 0 Å². The first kappa shape index (κ1) is 9.48. The SMILES string of the molecule is Cn1cc2c(S(=O)(=O)Cl)cccc2n1. The molecule has 0 fully saturated rings. The molecule has 1 heterocycles. The molecule has 0 N–H and O–H groups in total. The Morgan fingerprint density at radius 3 is 2.79 bits per heavy atom. The molecular formula is C8H7ClN2O2S. The van der Waals surface area contributed by atoms with Gasteiger partial charge in [-0.3, -0.25) is 4.68 Å². The average Bonchev–Trinajstić information content (AvgIpc) is 2.41. The first-order valence-electron chi connectivity index (χ1n) is 3.85. The third-order valence-electron chi connectivity index (χ3n) is 1.89. The second-order valence-corrected chi connectivity index (χ2v) is 5.46. The van der Waals surface area contributed by atoms with E-state index in [4.69, 9.17) is 10.7 Å². The van der Waals surface area contributed by atoms with Crippen LogP contribution in [0.25, 0.3) is 10.9 Å². The van der Waals surface area contributed by atoms with Crippen molar-refractivity contribution < 1.29 is 8.42 Å². The monoisotopic (exact) mass is 230 g/mol. The minimum atomic E-state index is -3.70. The van der Waals surface area contributed by atoms with Gasteiger partial charge in [0.1, 0.15) is 0 Å². The zero-order valence-electron chi connectivity index (χ0n) is 7.31. The van der Waals surface area contributed by atoms with E-state index in [0.29, 0.717) is 10.9 Å². The van der Waals surface area contributed by atoms with E-state index >= 15 is 0 Å².